The van der Waals surface area contributed by atoms with Crippen LogP contribution < -0.4 is 0 Å². The maximum atomic E-state index is 12.7. The maximum Gasteiger partial charge on any atom is 0.123 e. The fourth-order valence-corrected chi connectivity index (χ4v) is 3.22. The average Bonchev–Trinajstić information content (AvgIpc) is 2.15. The molecule has 0 aliphatic carbocycles. The van der Waals surface area contributed by atoms with Gasteiger partial charge in [0.25, 0.3) is 0 Å². The number of hydrogen-bond donors (Lipinski definition) is 0. The second-order valence-electron chi connectivity index (χ2n) is 4.87. The first kappa shape index (κ1) is 12.2. The van der Waals surface area contributed by atoms with E-state index in [1.165, 1.54) is 22.9 Å². The monoisotopic (exact) mass is 222 g/mol. The van der Waals surface area contributed by atoms with Gasteiger partial charge in [-0.3, -0.25) is 0 Å². The van der Waals surface area contributed by atoms with Gasteiger partial charge in [0.1, 0.15) is 5.82 Å². The Hall–Kier alpha value is -0.893. The van der Waals surface area contributed by atoms with Crippen molar-refractivity contribution in [3.05, 3.63) is 46.9 Å². The van der Waals surface area contributed by atoms with Crippen LogP contribution in [0.4, 0.5) is 4.39 Å². The van der Waals surface area contributed by atoms with Gasteiger partial charge in [-0.25, -0.2) is 4.39 Å². The van der Waals surface area contributed by atoms with E-state index in [2.05, 4.69) is 32.6 Å². The summed E-state index contributed by atoms with van der Waals surface area (Å²) in [6, 6.07) is 6.82. The molecular formula is C13H19FSi. The average molecular weight is 222 g/mol. The van der Waals surface area contributed by atoms with E-state index >= 15 is 0 Å². The Morgan fingerprint density at radius 3 is 2.13 bits per heavy atom. The van der Waals surface area contributed by atoms with Crippen LogP contribution in [0.25, 0.3) is 0 Å². The van der Waals surface area contributed by atoms with Crippen LogP contribution >= 0.6 is 0 Å². The normalized spacial score (nSPS) is 13.0. The molecule has 0 N–H and O–H groups in total. The van der Waals surface area contributed by atoms with E-state index in [0.29, 0.717) is 0 Å². The molecule has 1 aromatic carbocycles. The molecule has 0 saturated carbocycles. The fourth-order valence-electron chi connectivity index (χ4n) is 1.62. The van der Waals surface area contributed by atoms with E-state index in [4.69, 9.17) is 0 Å². The first-order chi connectivity index (χ1) is 6.93. The maximum absolute atomic E-state index is 12.7. The summed E-state index contributed by atoms with van der Waals surface area (Å²) < 4.78 is 12.7. The van der Waals surface area contributed by atoms with Crippen molar-refractivity contribution in [3.8, 4) is 0 Å². The van der Waals surface area contributed by atoms with Crippen LogP contribution in [-0.4, -0.2) is 8.07 Å². The number of benzene rings is 1. The Labute approximate surface area is 92.8 Å². The van der Waals surface area contributed by atoms with Crippen molar-refractivity contribution in [2.75, 3.05) is 0 Å². The van der Waals surface area contributed by atoms with Gasteiger partial charge in [0, 0.05) is 0 Å². The molecule has 0 aliphatic heterocycles. The number of hydrogen-bond acceptors (Lipinski definition) is 0. The first-order valence-corrected chi connectivity index (χ1v) is 8.83. The predicted molar refractivity (Wildman–Crippen MR) is 67.2 cm³/mol. The van der Waals surface area contributed by atoms with Crippen molar-refractivity contribution in [1.29, 1.82) is 0 Å². The first-order valence-electron chi connectivity index (χ1n) is 5.33. The summed E-state index contributed by atoms with van der Waals surface area (Å²) in [6.45, 7) is 9.11. The molecule has 1 aromatic rings. The molecule has 0 saturated heterocycles. The second-order valence-corrected chi connectivity index (χ2v) is 10.0. The molecule has 0 nitrogen and oxygen atoms in total. The molecule has 0 heterocycles. The molecule has 0 aromatic heterocycles. The van der Waals surface area contributed by atoms with Gasteiger partial charge in [0.15, 0.2) is 0 Å². The number of allylic oxidation sites excluding steroid dienone is 2. The van der Waals surface area contributed by atoms with Gasteiger partial charge < -0.3 is 0 Å². The van der Waals surface area contributed by atoms with E-state index < -0.39 is 8.07 Å². The van der Waals surface area contributed by atoms with Gasteiger partial charge in [-0.05, 0) is 31.0 Å². The van der Waals surface area contributed by atoms with Crippen LogP contribution in [-0.2, 0) is 6.42 Å². The van der Waals surface area contributed by atoms with E-state index in [9.17, 15) is 4.39 Å². The summed E-state index contributed by atoms with van der Waals surface area (Å²) in [5.41, 5.74) is 1.20. The van der Waals surface area contributed by atoms with Crippen molar-refractivity contribution in [1.82, 2.24) is 0 Å². The highest BCUT2D eigenvalue weighted by molar-refractivity contribution is 6.83. The molecule has 82 valence electrons. The molecule has 0 aliphatic rings. The number of rotatable bonds is 3. The van der Waals surface area contributed by atoms with E-state index in [1.54, 1.807) is 0 Å². The third-order valence-electron chi connectivity index (χ3n) is 2.62. The van der Waals surface area contributed by atoms with Gasteiger partial charge in [-0.1, -0.05) is 43.0 Å². The summed E-state index contributed by atoms with van der Waals surface area (Å²) in [4.78, 5) is 0. The lowest BCUT2D eigenvalue weighted by Crippen LogP contribution is -2.25. The summed E-state index contributed by atoms with van der Waals surface area (Å²) in [5, 5.41) is 1.52. The minimum Gasteiger partial charge on any atom is -0.207 e. The highest BCUT2D eigenvalue weighted by Crippen LogP contribution is 2.19. The summed E-state index contributed by atoms with van der Waals surface area (Å²) >= 11 is 0. The topological polar surface area (TPSA) is 0 Å². The van der Waals surface area contributed by atoms with E-state index in [1.807, 2.05) is 12.1 Å². The second kappa shape index (κ2) is 4.75. The zero-order valence-corrected chi connectivity index (χ0v) is 11.0. The van der Waals surface area contributed by atoms with Crippen molar-refractivity contribution in [2.24, 2.45) is 0 Å². The Bertz CT molecular complexity index is 344. The van der Waals surface area contributed by atoms with Crippen molar-refractivity contribution < 1.29 is 4.39 Å². The highest BCUT2D eigenvalue weighted by Gasteiger charge is 2.18. The molecule has 0 fully saturated rings. The lowest BCUT2D eigenvalue weighted by atomic mass is 10.1. The van der Waals surface area contributed by atoms with Crippen molar-refractivity contribution in [3.63, 3.8) is 0 Å². The smallest absolute Gasteiger partial charge is 0.123 e. The predicted octanol–water partition coefficient (Wildman–Crippen LogP) is 4.19. The summed E-state index contributed by atoms with van der Waals surface area (Å²) in [7, 11) is -1.22. The quantitative estimate of drug-likeness (QED) is 0.673. The van der Waals surface area contributed by atoms with E-state index in [-0.39, 0.29) is 5.82 Å². The van der Waals surface area contributed by atoms with Gasteiger partial charge in [-0.15, -0.1) is 0 Å². The molecular weight excluding hydrogens is 203 g/mol. The third kappa shape index (κ3) is 3.63. The van der Waals surface area contributed by atoms with Gasteiger partial charge >= 0.3 is 0 Å². The van der Waals surface area contributed by atoms with E-state index in [0.717, 1.165) is 6.42 Å². The molecule has 0 unspecified atom stereocenters. The molecule has 2 heteroatoms. The molecule has 0 spiro atoms. The van der Waals surface area contributed by atoms with Crippen LogP contribution in [0.5, 0.6) is 0 Å². The molecule has 15 heavy (non-hydrogen) atoms. The minimum atomic E-state index is -1.22. The summed E-state index contributed by atoms with van der Waals surface area (Å²) in [6.07, 6.45) is 3.18. The molecule has 1 rings (SSSR count). The Balaban J connectivity index is 2.81. The van der Waals surface area contributed by atoms with Crippen LogP contribution in [0.2, 0.25) is 19.6 Å². The number of halogens is 1. The van der Waals surface area contributed by atoms with Crippen LogP contribution in [0.3, 0.4) is 0 Å². The molecule has 0 radical (unpaired) electrons. The van der Waals surface area contributed by atoms with Crippen LogP contribution in [0.15, 0.2) is 35.5 Å². The van der Waals surface area contributed by atoms with Crippen molar-refractivity contribution in [2.45, 2.75) is 33.0 Å². The Morgan fingerprint density at radius 2 is 1.73 bits per heavy atom. The third-order valence-corrected chi connectivity index (χ3v) is 5.01. The van der Waals surface area contributed by atoms with Crippen LogP contribution in [0, 0.1) is 5.82 Å². The molecule has 0 bridgehead atoms. The highest BCUT2D eigenvalue weighted by atomic mass is 28.3. The SMILES string of the molecule is C/C=C(\Cc1ccc(F)cc1)[Si](C)(C)C. The Kier molecular flexibility index (Phi) is 3.86. The van der Waals surface area contributed by atoms with Crippen LogP contribution in [0.1, 0.15) is 12.5 Å². The lowest BCUT2D eigenvalue weighted by molar-refractivity contribution is 0.627. The largest absolute Gasteiger partial charge is 0.207 e. The minimum absolute atomic E-state index is 0.159. The fraction of sp³-hybridized carbons (Fsp3) is 0.385. The zero-order valence-electron chi connectivity index (χ0n) is 9.97. The van der Waals surface area contributed by atoms with Gasteiger partial charge in [0.05, 0.1) is 8.07 Å². The van der Waals surface area contributed by atoms with Gasteiger partial charge in [0.2, 0.25) is 0 Å². The molecule has 0 atom stereocenters. The van der Waals surface area contributed by atoms with Crippen molar-refractivity contribution >= 4 is 8.07 Å². The zero-order chi connectivity index (χ0) is 11.5. The van der Waals surface area contributed by atoms with Gasteiger partial charge in [-0.2, -0.15) is 0 Å². The summed E-state index contributed by atoms with van der Waals surface area (Å²) in [5.74, 6) is -0.159. The lowest BCUT2D eigenvalue weighted by Gasteiger charge is -2.20. The standard InChI is InChI=1S/C13H19FSi/c1-5-13(15(2,3)4)10-11-6-8-12(14)9-7-11/h5-9H,10H2,1-4H3/b13-5+. The Morgan fingerprint density at radius 1 is 1.20 bits per heavy atom. The molecule has 0 amide bonds.